The lowest BCUT2D eigenvalue weighted by atomic mass is 10.1. The second-order valence-corrected chi connectivity index (χ2v) is 5.41. The normalized spacial score (nSPS) is 12.6. The number of rotatable bonds is 4. The van der Waals surface area contributed by atoms with E-state index < -0.39 is 12.0 Å². The molecule has 1 atom stereocenters. The average molecular weight is 354 g/mol. The van der Waals surface area contributed by atoms with Gasteiger partial charge in [0.05, 0.1) is 5.02 Å². The van der Waals surface area contributed by atoms with Gasteiger partial charge in [-0.25, -0.2) is 0 Å². The van der Waals surface area contributed by atoms with Crippen molar-refractivity contribution >= 4 is 40.1 Å². The molecular formula is C11H13ClINO2. The molecule has 1 rings (SSSR count). The van der Waals surface area contributed by atoms with Crippen molar-refractivity contribution in [2.75, 3.05) is 0 Å². The van der Waals surface area contributed by atoms with Crippen LogP contribution in [0.25, 0.3) is 0 Å². The Morgan fingerprint density at radius 2 is 2.12 bits per heavy atom. The lowest BCUT2D eigenvalue weighted by Crippen LogP contribution is -2.38. The maximum Gasteiger partial charge on any atom is 0.258 e. The standard InChI is InChI=1S/C11H13ClINO2/c1-6(2)10(11(14)15)16-9-5-7(13)3-4-8(9)12/h3-6,10H,1-2H3,(H2,14,15). The number of benzene rings is 1. The molecule has 88 valence electrons. The molecule has 0 saturated heterocycles. The van der Waals surface area contributed by atoms with Gasteiger partial charge >= 0.3 is 0 Å². The van der Waals surface area contributed by atoms with Gasteiger partial charge in [-0.05, 0) is 46.7 Å². The van der Waals surface area contributed by atoms with Crippen molar-refractivity contribution in [3.63, 3.8) is 0 Å². The predicted molar refractivity (Wildman–Crippen MR) is 72.6 cm³/mol. The predicted octanol–water partition coefficient (Wildman–Crippen LogP) is 2.83. The number of nitrogens with two attached hydrogens (primary N) is 1. The summed E-state index contributed by atoms with van der Waals surface area (Å²) in [4.78, 5) is 11.2. The molecule has 0 saturated carbocycles. The second-order valence-electron chi connectivity index (χ2n) is 3.76. The van der Waals surface area contributed by atoms with Crippen LogP contribution in [0.2, 0.25) is 5.02 Å². The van der Waals surface area contributed by atoms with Gasteiger partial charge in [-0.15, -0.1) is 0 Å². The Kier molecular flexibility index (Phi) is 4.86. The largest absolute Gasteiger partial charge is 0.479 e. The van der Waals surface area contributed by atoms with E-state index in [1.807, 2.05) is 19.9 Å². The van der Waals surface area contributed by atoms with E-state index >= 15 is 0 Å². The molecule has 0 aliphatic carbocycles. The Morgan fingerprint density at radius 3 is 2.62 bits per heavy atom. The minimum Gasteiger partial charge on any atom is -0.479 e. The SMILES string of the molecule is CC(C)C(Oc1cc(I)ccc1Cl)C(N)=O. The Balaban J connectivity index is 2.93. The highest BCUT2D eigenvalue weighted by Gasteiger charge is 2.22. The molecular weight excluding hydrogens is 340 g/mol. The monoisotopic (exact) mass is 353 g/mol. The number of carbonyl (C=O) groups excluding carboxylic acids is 1. The second kappa shape index (κ2) is 5.72. The average Bonchev–Trinajstić information content (AvgIpc) is 2.18. The van der Waals surface area contributed by atoms with E-state index in [0.717, 1.165) is 3.57 Å². The van der Waals surface area contributed by atoms with Crippen molar-refractivity contribution in [1.29, 1.82) is 0 Å². The van der Waals surface area contributed by atoms with E-state index in [2.05, 4.69) is 22.6 Å². The molecule has 1 aromatic carbocycles. The zero-order chi connectivity index (χ0) is 12.3. The van der Waals surface area contributed by atoms with Crippen molar-refractivity contribution in [3.8, 4) is 5.75 Å². The van der Waals surface area contributed by atoms with Crippen molar-refractivity contribution in [1.82, 2.24) is 0 Å². The van der Waals surface area contributed by atoms with Crippen LogP contribution in [0.4, 0.5) is 0 Å². The molecule has 0 aliphatic heterocycles. The summed E-state index contributed by atoms with van der Waals surface area (Å²) < 4.78 is 6.53. The molecule has 0 aliphatic rings. The Hall–Kier alpha value is -0.490. The molecule has 3 nitrogen and oxygen atoms in total. The molecule has 5 heteroatoms. The highest BCUT2D eigenvalue weighted by atomic mass is 127. The van der Waals surface area contributed by atoms with Gasteiger partial charge in [-0.1, -0.05) is 25.4 Å². The molecule has 0 fully saturated rings. The summed E-state index contributed by atoms with van der Waals surface area (Å²) in [7, 11) is 0. The number of ether oxygens (including phenoxy) is 1. The summed E-state index contributed by atoms with van der Waals surface area (Å²) in [5.41, 5.74) is 5.26. The van der Waals surface area contributed by atoms with E-state index in [1.165, 1.54) is 0 Å². The topological polar surface area (TPSA) is 52.3 Å². The van der Waals surface area contributed by atoms with Crippen LogP contribution in [0.1, 0.15) is 13.8 Å². The maximum atomic E-state index is 11.2. The number of amides is 1. The van der Waals surface area contributed by atoms with Crippen LogP contribution in [-0.4, -0.2) is 12.0 Å². The van der Waals surface area contributed by atoms with Gasteiger partial charge < -0.3 is 10.5 Å². The summed E-state index contributed by atoms with van der Waals surface area (Å²) in [5, 5.41) is 0.479. The lowest BCUT2D eigenvalue weighted by molar-refractivity contribution is -0.126. The smallest absolute Gasteiger partial charge is 0.258 e. The first kappa shape index (κ1) is 13.6. The van der Waals surface area contributed by atoms with E-state index in [1.54, 1.807) is 12.1 Å². The van der Waals surface area contributed by atoms with E-state index in [4.69, 9.17) is 22.1 Å². The first-order valence-electron chi connectivity index (χ1n) is 4.83. The van der Waals surface area contributed by atoms with Crippen molar-refractivity contribution in [3.05, 3.63) is 26.8 Å². The molecule has 1 aromatic rings. The fraction of sp³-hybridized carbons (Fsp3) is 0.364. The van der Waals surface area contributed by atoms with E-state index in [9.17, 15) is 4.79 Å². The number of carbonyl (C=O) groups is 1. The van der Waals surface area contributed by atoms with Crippen LogP contribution >= 0.6 is 34.2 Å². The molecule has 16 heavy (non-hydrogen) atoms. The number of primary amides is 1. The first-order valence-corrected chi connectivity index (χ1v) is 6.28. The van der Waals surface area contributed by atoms with Crippen LogP contribution in [0.15, 0.2) is 18.2 Å². The molecule has 1 amide bonds. The fourth-order valence-corrected chi connectivity index (χ4v) is 1.85. The van der Waals surface area contributed by atoms with Gasteiger partial charge in [-0.2, -0.15) is 0 Å². The van der Waals surface area contributed by atoms with Crippen LogP contribution in [0, 0.1) is 9.49 Å². The zero-order valence-corrected chi connectivity index (χ0v) is 11.9. The molecule has 0 aromatic heterocycles. The van der Waals surface area contributed by atoms with Crippen molar-refractivity contribution < 1.29 is 9.53 Å². The minimum atomic E-state index is -0.657. The highest BCUT2D eigenvalue weighted by molar-refractivity contribution is 14.1. The number of hydrogen-bond acceptors (Lipinski definition) is 2. The van der Waals surface area contributed by atoms with Crippen LogP contribution in [0.3, 0.4) is 0 Å². The van der Waals surface area contributed by atoms with Crippen LogP contribution in [-0.2, 0) is 4.79 Å². The van der Waals surface area contributed by atoms with E-state index in [-0.39, 0.29) is 5.92 Å². The molecule has 1 unspecified atom stereocenters. The fourth-order valence-electron chi connectivity index (χ4n) is 1.23. The lowest BCUT2D eigenvalue weighted by Gasteiger charge is -2.20. The Labute approximate surface area is 113 Å². The Bertz CT molecular complexity index is 396. The van der Waals surface area contributed by atoms with E-state index in [0.29, 0.717) is 10.8 Å². The third kappa shape index (κ3) is 3.52. The summed E-state index contributed by atoms with van der Waals surface area (Å²) in [5.74, 6) is 0.0161. The first-order chi connectivity index (χ1) is 7.41. The van der Waals surface area contributed by atoms with Gasteiger partial charge in [0.1, 0.15) is 5.75 Å². The Morgan fingerprint density at radius 1 is 1.50 bits per heavy atom. The zero-order valence-electron chi connectivity index (χ0n) is 9.04. The summed E-state index contributed by atoms with van der Waals surface area (Å²) in [6, 6.07) is 5.38. The summed E-state index contributed by atoms with van der Waals surface area (Å²) in [6.45, 7) is 3.74. The quantitative estimate of drug-likeness (QED) is 0.846. The summed E-state index contributed by atoms with van der Waals surface area (Å²) in [6.07, 6.45) is -0.657. The molecule has 0 bridgehead atoms. The number of halogens is 2. The summed E-state index contributed by atoms with van der Waals surface area (Å²) >= 11 is 8.12. The molecule has 0 spiro atoms. The van der Waals surface area contributed by atoms with Gasteiger partial charge in [0.25, 0.3) is 5.91 Å². The third-order valence-electron chi connectivity index (χ3n) is 2.03. The van der Waals surface area contributed by atoms with Gasteiger partial charge in [0.2, 0.25) is 0 Å². The van der Waals surface area contributed by atoms with Gasteiger partial charge in [0.15, 0.2) is 6.10 Å². The van der Waals surface area contributed by atoms with Gasteiger partial charge in [-0.3, -0.25) is 4.79 Å². The van der Waals surface area contributed by atoms with Crippen LogP contribution < -0.4 is 10.5 Å². The minimum absolute atomic E-state index is 0.00596. The van der Waals surface area contributed by atoms with Gasteiger partial charge in [0, 0.05) is 3.57 Å². The third-order valence-corrected chi connectivity index (χ3v) is 3.02. The molecule has 0 heterocycles. The van der Waals surface area contributed by atoms with Crippen molar-refractivity contribution in [2.24, 2.45) is 11.7 Å². The van der Waals surface area contributed by atoms with Crippen molar-refractivity contribution in [2.45, 2.75) is 20.0 Å². The highest BCUT2D eigenvalue weighted by Crippen LogP contribution is 2.28. The maximum absolute atomic E-state index is 11.2. The van der Waals surface area contributed by atoms with Crippen LogP contribution in [0.5, 0.6) is 5.75 Å². The number of hydrogen-bond donors (Lipinski definition) is 1. The molecule has 0 radical (unpaired) electrons. The molecule has 2 N–H and O–H groups in total.